The highest BCUT2D eigenvalue weighted by molar-refractivity contribution is 5.96. The lowest BCUT2D eigenvalue weighted by Crippen LogP contribution is -2.32. The van der Waals surface area contributed by atoms with Gasteiger partial charge in [-0.2, -0.15) is 0 Å². The maximum Gasteiger partial charge on any atom is 0.255 e. The number of aromatic hydroxyl groups is 1. The zero-order chi connectivity index (χ0) is 12.8. The first-order valence-electron chi connectivity index (χ1n) is 5.50. The Balaban J connectivity index is 2.55. The minimum atomic E-state index is -0.543. The molecule has 0 saturated carbocycles. The number of carbonyl (C=O) groups is 1. The van der Waals surface area contributed by atoms with Crippen LogP contribution in [0.4, 0.5) is 4.39 Å². The van der Waals surface area contributed by atoms with Crippen molar-refractivity contribution in [2.24, 2.45) is 0 Å². The molecule has 0 aliphatic heterocycles. The topological polar surface area (TPSA) is 52.6 Å². The Hall–Kier alpha value is -1.62. The molecule has 1 aromatic rings. The van der Waals surface area contributed by atoms with Gasteiger partial charge in [-0.1, -0.05) is 6.92 Å². The molecule has 0 spiro atoms. The number of nitrogens with one attached hydrogen (secondary N) is 1. The fourth-order valence-electron chi connectivity index (χ4n) is 1.30. The maximum absolute atomic E-state index is 12.9. The van der Waals surface area contributed by atoms with Gasteiger partial charge in [-0.25, -0.2) is 4.39 Å². The zero-order valence-corrected chi connectivity index (χ0v) is 10.0. The van der Waals surface area contributed by atoms with Gasteiger partial charge in [-0.05, 0) is 31.8 Å². The first kappa shape index (κ1) is 13.4. The number of carbonyl (C=O) groups excluding carboxylic acids is 1. The van der Waals surface area contributed by atoms with Crippen LogP contribution in [0.2, 0.25) is 0 Å². The second-order valence-electron chi connectivity index (χ2n) is 3.81. The highest BCUT2D eigenvalue weighted by Crippen LogP contribution is 2.17. The molecule has 1 rings (SSSR count). The van der Waals surface area contributed by atoms with E-state index in [2.05, 4.69) is 5.32 Å². The van der Waals surface area contributed by atoms with Gasteiger partial charge in [-0.3, -0.25) is 4.79 Å². The Morgan fingerprint density at radius 1 is 1.53 bits per heavy atom. The monoisotopic (exact) mass is 240 g/mol. The first-order chi connectivity index (χ1) is 8.04. The van der Waals surface area contributed by atoms with Gasteiger partial charge in [0, 0.05) is 13.1 Å². The molecule has 1 aromatic carbocycles. The van der Waals surface area contributed by atoms with Crippen LogP contribution in [0.15, 0.2) is 18.2 Å². The van der Waals surface area contributed by atoms with Crippen molar-refractivity contribution in [2.75, 3.05) is 26.7 Å². The van der Waals surface area contributed by atoms with E-state index in [-0.39, 0.29) is 11.3 Å². The van der Waals surface area contributed by atoms with Crippen LogP contribution in [0, 0.1) is 5.82 Å². The molecule has 0 atom stereocenters. The SMILES string of the molecule is CCN(C)CCNC(=O)c1cc(F)ccc1O. The second-order valence-corrected chi connectivity index (χ2v) is 3.81. The normalized spacial score (nSPS) is 10.6. The lowest BCUT2D eigenvalue weighted by molar-refractivity contribution is 0.0947. The lowest BCUT2D eigenvalue weighted by Gasteiger charge is -2.14. The number of hydrogen-bond acceptors (Lipinski definition) is 3. The highest BCUT2D eigenvalue weighted by Gasteiger charge is 2.11. The third kappa shape index (κ3) is 4.03. The molecular formula is C12H17FN2O2. The van der Waals surface area contributed by atoms with E-state index < -0.39 is 11.7 Å². The van der Waals surface area contributed by atoms with Crippen molar-refractivity contribution in [3.05, 3.63) is 29.6 Å². The van der Waals surface area contributed by atoms with Gasteiger partial charge in [0.1, 0.15) is 11.6 Å². The van der Waals surface area contributed by atoms with Crippen LogP contribution < -0.4 is 5.32 Å². The molecule has 0 bridgehead atoms. The molecule has 0 aliphatic rings. The summed E-state index contributed by atoms with van der Waals surface area (Å²) in [5.74, 6) is -1.22. The summed E-state index contributed by atoms with van der Waals surface area (Å²) in [6.45, 7) is 4.07. The Bertz CT molecular complexity index is 396. The van der Waals surface area contributed by atoms with E-state index in [0.29, 0.717) is 13.1 Å². The molecule has 0 heterocycles. The smallest absolute Gasteiger partial charge is 0.255 e. The Morgan fingerprint density at radius 3 is 2.88 bits per heavy atom. The van der Waals surface area contributed by atoms with E-state index in [1.165, 1.54) is 6.07 Å². The van der Waals surface area contributed by atoms with Crippen molar-refractivity contribution in [3.8, 4) is 5.75 Å². The van der Waals surface area contributed by atoms with Gasteiger partial charge in [0.05, 0.1) is 5.56 Å². The van der Waals surface area contributed by atoms with Crippen LogP contribution in [0.25, 0.3) is 0 Å². The Kier molecular flexibility index (Phi) is 4.90. The van der Waals surface area contributed by atoms with Crippen LogP contribution in [-0.4, -0.2) is 42.6 Å². The summed E-state index contributed by atoms with van der Waals surface area (Å²) in [5.41, 5.74) is -0.0378. The van der Waals surface area contributed by atoms with Gasteiger partial charge in [0.2, 0.25) is 0 Å². The van der Waals surface area contributed by atoms with Crippen molar-refractivity contribution in [2.45, 2.75) is 6.92 Å². The van der Waals surface area contributed by atoms with Crippen molar-refractivity contribution < 1.29 is 14.3 Å². The number of rotatable bonds is 5. The van der Waals surface area contributed by atoms with Crippen molar-refractivity contribution >= 4 is 5.91 Å². The van der Waals surface area contributed by atoms with E-state index in [4.69, 9.17) is 0 Å². The molecule has 17 heavy (non-hydrogen) atoms. The molecule has 0 radical (unpaired) electrons. The lowest BCUT2D eigenvalue weighted by atomic mass is 10.2. The summed E-state index contributed by atoms with van der Waals surface area (Å²) in [6, 6.07) is 3.30. The Morgan fingerprint density at radius 2 is 2.24 bits per heavy atom. The van der Waals surface area contributed by atoms with E-state index in [0.717, 1.165) is 18.7 Å². The molecule has 0 aromatic heterocycles. The summed E-state index contributed by atoms with van der Waals surface area (Å²) < 4.78 is 12.9. The molecule has 0 saturated heterocycles. The predicted molar refractivity (Wildman–Crippen MR) is 63.6 cm³/mol. The third-order valence-corrected chi connectivity index (χ3v) is 2.52. The fourth-order valence-corrected chi connectivity index (χ4v) is 1.30. The molecular weight excluding hydrogens is 223 g/mol. The van der Waals surface area contributed by atoms with Crippen molar-refractivity contribution in [3.63, 3.8) is 0 Å². The number of nitrogens with zero attached hydrogens (tertiary/aromatic N) is 1. The molecule has 0 aliphatic carbocycles. The number of amides is 1. The fraction of sp³-hybridized carbons (Fsp3) is 0.417. The summed E-state index contributed by atoms with van der Waals surface area (Å²) in [6.07, 6.45) is 0. The molecule has 1 amide bonds. The molecule has 94 valence electrons. The van der Waals surface area contributed by atoms with Gasteiger partial charge in [0.25, 0.3) is 5.91 Å². The molecule has 5 heteroatoms. The average Bonchev–Trinajstić information content (AvgIpc) is 2.31. The van der Waals surface area contributed by atoms with E-state index in [9.17, 15) is 14.3 Å². The van der Waals surface area contributed by atoms with Crippen LogP contribution >= 0.6 is 0 Å². The van der Waals surface area contributed by atoms with E-state index in [1.54, 1.807) is 0 Å². The minimum Gasteiger partial charge on any atom is -0.507 e. The van der Waals surface area contributed by atoms with Crippen LogP contribution in [0.3, 0.4) is 0 Å². The number of likely N-dealkylation sites (N-methyl/N-ethyl adjacent to an activating group) is 1. The summed E-state index contributed by atoms with van der Waals surface area (Å²) in [4.78, 5) is 13.7. The van der Waals surface area contributed by atoms with E-state index in [1.807, 2.05) is 18.9 Å². The van der Waals surface area contributed by atoms with Crippen molar-refractivity contribution in [1.82, 2.24) is 10.2 Å². The standard InChI is InChI=1S/C12H17FN2O2/c1-3-15(2)7-6-14-12(17)10-8-9(13)4-5-11(10)16/h4-5,8,16H,3,6-7H2,1-2H3,(H,14,17). The third-order valence-electron chi connectivity index (χ3n) is 2.52. The summed E-state index contributed by atoms with van der Waals surface area (Å²) in [5, 5.41) is 12.0. The highest BCUT2D eigenvalue weighted by atomic mass is 19.1. The molecule has 0 fully saturated rings. The molecule has 4 nitrogen and oxygen atoms in total. The van der Waals surface area contributed by atoms with Gasteiger partial charge in [-0.15, -0.1) is 0 Å². The van der Waals surface area contributed by atoms with Gasteiger partial charge < -0.3 is 15.3 Å². The molecule has 0 unspecified atom stereocenters. The quantitative estimate of drug-likeness (QED) is 0.813. The number of halogens is 1. The number of hydrogen-bond donors (Lipinski definition) is 2. The summed E-state index contributed by atoms with van der Waals surface area (Å²) >= 11 is 0. The van der Waals surface area contributed by atoms with Crippen LogP contribution in [-0.2, 0) is 0 Å². The van der Waals surface area contributed by atoms with Crippen LogP contribution in [0.5, 0.6) is 5.75 Å². The predicted octanol–water partition coefficient (Wildman–Crippen LogP) is 1.21. The van der Waals surface area contributed by atoms with E-state index >= 15 is 0 Å². The summed E-state index contributed by atoms with van der Waals surface area (Å²) in [7, 11) is 1.94. The number of phenolic OH excluding ortho intramolecular Hbond substituents is 1. The first-order valence-corrected chi connectivity index (χ1v) is 5.50. The largest absolute Gasteiger partial charge is 0.507 e. The van der Waals surface area contributed by atoms with Gasteiger partial charge >= 0.3 is 0 Å². The Labute approximate surface area is 100 Å². The van der Waals surface area contributed by atoms with Crippen molar-refractivity contribution in [1.29, 1.82) is 0 Å². The van der Waals surface area contributed by atoms with Gasteiger partial charge in [0.15, 0.2) is 0 Å². The number of benzene rings is 1. The number of phenols is 1. The van der Waals surface area contributed by atoms with Crippen LogP contribution in [0.1, 0.15) is 17.3 Å². The zero-order valence-electron chi connectivity index (χ0n) is 10.0. The second kappa shape index (κ2) is 6.20. The minimum absolute atomic E-state index is 0.0378. The average molecular weight is 240 g/mol. The maximum atomic E-state index is 12.9. The molecule has 2 N–H and O–H groups in total.